The van der Waals surface area contributed by atoms with Gasteiger partial charge in [-0.15, -0.1) is 0 Å². The van der Waals surface area contributed by atoms with Gasteiger partial charge in [0.05, 0.1) is 0 Å². The number of rotatable bonds is 4. The van der Waals surface area contributed by atoms with Crippen LogP contribution >= 0.6 is 0 Å². The standard InChI is InChI=1S/C16H21N3O2/c1-5-10-17-14(20)12-8-6-11(7-9-12)13-18-15(21-19-13)16(2,3)4/h6-9H,5,10H2,1-4H3,(H,17,20). The van der Waals surface area contributed by atoms with Crippen molar-refractivity contribution in [2.45, 2.75) is 39.5 Å². The molecule has 0 radical (unpaired) electrons. The molecule has 0 unspecified atom stereocenters. The summed E-state index contributed by atoms with van der Waals surface area (Å²) in [6, 6.07) is 7.21. The summed E-state index contributed by atoms with van der Waals surface area (Å²) in [5.41, 5.74) is 1.29. The van der Waals surface area contributed by atoms with Crippen molar-refractivity contribution in [2.24, 2.45) is 0 Å². The van der Waals surface area contributed by atoms with Gasteiger partial charge < -0.3 is 9.84 Å². The fourth-order valence-electron chi connectivity index (χ4n) is 1.76. The van der Waals surface area contributed by atoms with Gasteiger partial charge in [0, 0.05) is 23.1 Å². The van der Waals surface area contributed by atoms with E-state index in [9.17, 15) is 4.79 Å². The molecule has 21 heavy (non-hydrogen) atoms. The zero-order valence-electron chi connectivity index (χ0n) is 12.9. The molecule has 0 atom stereocenters. The van der Waals surface area contributed by atoms with E-state index in [0.29, 0.717) is 23.8 Å². The van der Waals surface area contributed by atoms with Gasteiger partial charge in [-0.2, -0.15) is 4.98 Å². The summed E-state index contributed by atoms with van der Waals surface area (Å²) >= 11 is 0. The van der Waals surface area contributed by atoms with Crippen molar-refractivity contribution in [2.75, 3.05) is 6.54 Å². The van der Waals surface area contributed by atoms with Gasteiger partial charge >= 0.3 is 0 Å². The molecule has 0 aliphatic carbocycles. The Labute approximate surface area is 124 Å². The summed E-state index contributed by atoms with van der Waals surface area (Å²) in [5.74, 6) is 1.08. The Morgan fingerprint density at radius 2 is 1.90 bits per heavy atom. The number of aromatic nitrogens is 2. The number of amides is 1. The number of benzene rings is 1. The van der Waals surface area contributed by atoms with E-state index in [4.69, 9.17) is 4.52 Å². The SMILES string of the molecule is CCCNC(=O)c1ccc(-c2noc(C(C)(C)C)n2)cc1. The minimum absolute atomic E-state index is 0.0631. The van der Waals surface area contributed by atoms with E-state index in [1.165, 1.54) is 0 Å². The lowest BCUT2D eigenvalue weighted by molar-refractivity contribution is 0.0953. The Morgan fingerprint density at radius 1 is 1.24 bits per heavy atom. The predicted octanol–water partition coefficient (Wildman–Crippen LogP) is 3.17. The molecule has 1 aromatic carbocycles. The van der Waals surface area contributed by atoms with Crippen molar-refractivity contribution < 1.29 is 9.32 Å². The van der Waals surface area contributed by atoms with Gasteiger partial charge in [0.15, 0.2) is 0 Å². The van der Waals surface area contributed by atoms with E-state index in [1.54, 1.807) is 12.1 Å². The molecule has 5 nitrogen and oxygen atoms in total. The van der Waals surface area contributed by atoms with Crippen LogP contribution in [0.4, 0.5) is 0 Å². The summed E-state index contributed by atoms with van der Waals surface area (Å²) in [7, 11) is 0. The van der Waals surface area contributed by atoms with E-state index in [1.807, 2.05) is 39.8 Å². The molecule has 2 rings (SSSR count). The number of nitrogens with zero attached hydrogens (tertiary/aromatic N) is 2. The highest BCUT2D eigenvalue weighted by Crippen LogP contribution is 2.23. The molecule has 1 amide bonds. The van der Waals surface area contributed by atoms with Crippen LogP contribution < -0.4 is 5.32 Å². The second-order valence-electron chi connectivity index (χ2n) is 6.01. The van der Waals surface area contributed by atoms with Crippen LogP contribution in [0.2, 0.25) is 0 Å². The molecule has 0 fully saturated rings. The number of carbonyl (C=O) groups is 1. The van der Waals surface area contributed by atoms with Crippen LogP contribution in [0.15, 0.2) is 28.8 Å². The molecule has 1 N–H and O–H groups in total. The largest absolute Gasteiger partial charge is 0.352 e. The van der Waals surface area contributed by atoms with Gasteiger partial charge in [0.25, 0.3) is 5.91 Å². The molecule has 0 aliphatic rings. The average molecular weight is 287 g/mol. The first-order valence-corrected chi connectivity index (χ1v) is 7.14. The average Bonchev–Trinajstić information content (AvgIpc) is 2.95. The lowest BCUT2D eigenvalue weighted by Crippen LogP contribution is -2.23. The molecule has 1 aromatic heterocycles. The van der Waals surface area contributed by atoms with Crippen LogP contribution in [0.3, 0.4) is 0 Å². The minimum Gasteiger partial charge on any atom is -0.352 e. The van der Waals surface area contributed by atoms with Crippen LogP contribution in [0, 0.1) is 0 Å². The highest BCUT2D eigenvalue weighted by atomic mass is 16.5. The number of carbonyl (C=O) groups excluding carboxylic acids is 1. The van der Waals surface area contributed by atoms with Crippen molar-refractivity contribution >= 4 is 5.91 Å². The summed E-state index contributed by atoms with van der Waals surface area (Å²) in [6.45, 7) is 8.76. The normalized spacial score (nSPS) is 11.4. The predicted molar refractivity (Wildman–Crippen MR) is 81.1 cm³/mol. The fourth-order valence-corrected chi connectivity index (χ4v) is 1.76. The van der Waals surface area contributed by atoms with Gasteiger partial charge in [0.1, 0.15) is 0 Å². The lowest BCUT2D eigenvalue weighted by atomic mass is 9.97. The molecule has 0 bridgehead atoms. The first kappa shape index (κ1) is 15.2. The third kappa shape index (κ3) is 3.68. The van der Waals surface area contributed by atoms with E-state index in [0.717, 1.165) is 12.0 Å². The van der Waals surface area contributed by atoms with Gasteiger partial charge in [-0.1, -0.05) is 45.0 Å². The summed E-state index contributed by atoms with van der Waals surface area (Å²) in [5, 5.41) is 6.83. The summed E-state index contributed by atoms with van der Waals surface area (Å²) in [6.07, 6.45) is 0.919. The topological polar surface area (TPSA) is 68.0 Å². The maximum atomic E-state index is 11.8. The Kier molecular flexibility index (Phi) is 4.40. The zero-order chi connectivity index (χ0) is 15.5. The minimum atomic E-state index is -0.175. The van der Waals surface area contributed by atoms with Crippen molar-refractivity contribution in [3.63, 3.8) is 0 Å². The molecule has 5 heteroatoms. The molecule has 0 saturated carbocycles. The van der Waals surface area contributed by atoms with Crippen molar-refractivity contribution in [1.29, 1.82) is 0 Å². The Morgan fingerprint density at radius 3 is 2.43 bits per heavy atom. The third-order valence-electron chi connectivity index (χ3n) is 3.01. The molecule has 0 saturated heterocycles. The fraction of sp³-hybridized carbons (Fsp3) is 0.438. The lowest BCUT2D eigenvalue weighted by Gasteiger charge is -2.10. The highest BCUT2D eigenvalue weighted by molar-refractivity contribution is 5.94. The Balaban J connectivity index is 2.15. The molecule has 0 aliphatic heterocycles. The van der Waals surface area contributed by atoms with E-state index >= 15 is 0 Å². The highest BCUT2D eigenvalue weighted by Gasteiger charge is 2.22. The van der Waals surface area contributed by atoms with Gasteiger partial charge in [-0.05, 0) is 18.6 Å². The van der Waals surface area contributed by atoms with E-state index < -0.39 is 0 Å². The van der Waals surface area contributed by atoms with Gasteiger partial charge in [-0.3, -0.25) is 4.79 Å². The van der Waals surface area contributed by atoms with E-state index in [-0.39, 0.29) is 11.3 Å². The van der Waals surface area contributed by atoms with Crippen LogP contribution in [0.5, 0.6) is 0 Å². The summed E-state index contributed by atoms with van der Waals surface area (Å²) in [4.78, 5) is 16.2. The van der Waals surface area contributed by atoms with Crippen LogP contribution in [-0.2, 0) is 5.41 Å². The molecule has 0 spiro atoms. The van der Waals surface area contributed by atoms with Crippen LogP contribution in [0.25, 0.3) is 11.4 Å². The Bertz CT molecular complexity index is 609. The number of nitrogens with one attached hydrogen (secondary N) is 1. The van der Waals surface area contributed by atoms with Crippen molar-refractivity contribution in [3.8, 4) is 11.4 Å². The van der Waals surface area contributed by atoms with Crippen molar-refractivity contribution in [1.82, 2.24) is 15.5 Å². The molecule has 1 heterocycles. The zero-order valence-corrected chi connectivity index (χ0v) is 12.9. The maximum absolute atomic E-state index is 11.8. The first-order valence-electron chi connectivity index (χ1n) is 7.14. The smallest absolute Gasteiger partial charge is 0.251 e. The first-order chi connectivity index (χ1) is 9.91. The molecule has 2 aromatic rings. The molecule has 112 valence electrons. The molecular weight excluding hydrogens is 266 g/mol. The van der Waals surface area contributed by atoms with Gasteiger partial charge in [0.2, 0.25) is 11.7 Å². The Hall–Kier alpha value is -2.17. The van der Waals surface area contributed by atoms with Gasteiger partial charge in [-0.25, -0.2) is 0 Å². The monoisotopic (exact) mass is 287 g/mol. The second kappa shape index (κ2) is 6.08. The number of hydrogen-bond donors (Lipinski definition) is 1. The quantitative estimate of drug-likeness (QED) is 0.937. The maximum Gasteiger partial charge on any atom is 0.251 e. The summed E-state index contributed by atoms with van der Waals surface area (Å²) < 4.78 is 5.27. The van der Waals surface area contributed by atoms with Crippen LogP contribution in [-0.4, -0.2) is 22.6 Å². The second-order valence-corrected chi connectivity index (χ2v) is 6.01. The van der Waals surface area contributed by atoms with Crippen molar-refractivity contribution in [3.05, 3.63) is 35.7 Å². The third-order valence-corrected chi connectivity index (χ3v) is 3.01. The number of hydrogen-bond acceptors (Lipinski definition) is 4. The molecular formula is C16H21N3O2. The van der Waals surface area contributed by atoms with Crippen LogP contribution in [0.1, 0.15) is 50.4 Å². The van der Waals surface area contributed by atoms with E-state index in [2.05, 4.69) is 15.5 Å².